The zero-order valence-corrected chi connectivity index (χ0v) is 13.6. The number of hydrogen-bond acceptors (Lipinski definition) is 5. The molecule has 0 amide bonds. The number of fused-ring (bicyclic) bond motifs is 1. The summed E-state index contributed by atoms with van der Waals surface area (Å²) in [6.45, 7) is 4.77. The van der Waals surface area contributed by atoms with Crippen molar-refractivity contribution in [3.05, 3.63) is 17.6 Å². The Hall–Kier alpha value is -1.63. The van der Waals surface area contributed by atoms with Gasteiger partial charge in [0.2, 0.25) is 0 Å². The molecule has 0 aliphatic carbocycles. The van der Waals surface area contributed by atoms with Gasteiger partial charge in [0, 0.05) is 24.2 Å². The molecule has 2 aromatic heterocycles. The lowest BCUT2D eigenvalue weighted by Crippen LogP contribution is -2.04. The highest BCUT2D eigenvalue weighted by Gasteiger charge is 2.12. The van der Waals surface area contributed by atoms with Gasteiger partial charge in [0.15, 0.2) is 5.82 Å². The summed E-state index contributed by atoms with van der Waals surface area (Å²) in [5.41, 5.74) is 9.69. The van der Waals surface area contributed by atoms with Crippen molar-refractivity contribution in [3.63, 3.8) is 0 Å². The Morgan fingerprint density at radius 2 is 1.95 bits per heavy atom. The molecular weight excluding hydrogens is 288 g/mol. The van der Waals surface area contributed by atoms with Crippen LogP contribution in [0.4, 0.5) is 5.82 Å². The van der Waals surface area contributed by atoms with Crippen molar-refractivity contribution < 1.29 is 8.42 Å². The van der Waals surface area contributed by atoms with Crippen LogP contribution in [0.3, 0.4) is 0 Å². The van der Waals surface area contributed by atoms with Gasteiger partial charge in [-0.1, -0.05) is 6.42 Å². The first-order valence-corrected chi connectivity index (χ1v) is 9.11. The van der Waals surface area contributed by atoms with Gasteiger partial charge in [-0.05, 0) is 32.3 Å². The predicted octanol–water partition coefficient (Wildman–Crippen LogP) is 1.85. The first-order valence-electron chi connectivity index (χ1n) is 7.05. The largest absolute Gasteiger partial charge is 0.382 e. The highest BCUT2D eigenvalue weighted by Crippen LogP contribution is 2.24. The van der Waals surface area contributed by atoms with Crippen LogP contribution in [0, 0.1) is 13.8 Å². The maximum Gasteiger partial charge on any atom is 0.151 e. The average molecular weight is 310 g/mol. The summed E-state index contributed by atoms with van der Waals surface area (Å²) >= 11 is 0. The van der Waals surface area contributed by atoms with E-state index in [9.17, 15) is 8.42 Å². The molecule has 2 heterocycles. The minimum Gasteiger partial charge on any atom is -0.382 e. The zero-order valence-electron chi connectivity index (χ0n) is 12.8. The fraction of sp³-hybridized carbons (Fsp3) is 0.571. The van der Waals surface area contributed by atoms with E-state index in [1.807, 2.05) is 13.8 Å². The van der Waals surface area contributed by atoms with E-state index in [2.05, 4.69) is 14.5 Å². The molecule has 2 aromatic rings. The van der Waals surface area contributed by atoms with Crippen molar-refractivity contribution in [1.29, 1.82) is 0 Å². The fourth-order valence-corrected chi connectivity index (χ4v) is 3.17. The summed E-state index contributed by atoms with van der Waals surface area (Å²) in [6.07, 6.45) is 5.56. The van der Waals surface area contributed by atoms with Crippen LogP contribution in [0.2, 0.25) is 0 Å². The minimum atomic E-state index is -2.85. The number of hydrogen-bond donors (Lipinski definition) is 1. The lowest BCUT2D eigenvalue weighted by atomic mass is 10.2. The Bertz CT molecular complexity index is 750. The number of nitrogens with zero attached hydrogens (tertiary/aromatic N) is 3. The predicted molar refractivity (Wildman–Crippen MR) is 85.0 cm³/mol. The highest BCUT2D eigenvalue weighted by molar-refractivity contribution is 7.90. The Labute approximate surface area is 125 Å². The number of nitrogens with two attached hydrogens (primary N) is 1. The number of aromatic nitrogens is 3. The van der Waals surface area contributed by atoms with Gasteiger partial charge >= 0.3 is 0 Å². The van der Waals surface area contributed by atoms with Gasteiger partial charge in [-0.3, -0.25) is 0 Å². The third-order valence-electron chi connectivity index (χ3n) is 3.68. The van der Waals surface area contributed by atoms with Crippen LogP contribution in [0.1, 0.15) is 30.5 Å². The maximum absolute atomic E-state index is 11.1. The molecule has 0 fully saturated rings. The summed E-state index contributed by atoms with van der Waals surface area (Å²) in [4.78, 5) is 8.62. The third-order valence-corrected chi connectivity index (χ3v) is 4.71. The number of unbranched alkanes of at least 4 members (excludes halogenated alkanes) is 2. The smallest absolute Gasteiger partial charge is 0.151 e. The van der Waals surface area contributed by atoms with Crippen molar-refractivity contribution in [2.45, 2.75) is 39.7 Å². The van der Waals surface area contributed by atoms with Crippen LogP contribution in [-0.4, -0.2) is 35.0 Å². The van der Waals surface area contributed by atoms with Gasteiger partial charge in [-0.15, -0.1) is 0 Å². The molecule has 0 unspecified atom stereocenters. The molecule has 0 bridgehead atoms. The maximum atomic E-state index is 11.1. The van der Waals surface area contributed by atoms with Gasteiger partial charge in [0.25, 0.3) is 0 Å². The topological polar surface area (TPSA) is 90.9 Å². The van der Waals surface area contributed by atoms with Gasteiger partial charge in [0.1, 0.15) is 15.4 Å². The van der Waals surface area contributed by atoms with Gasteiger partial charge in [-0.2, -0.15) is 0 Å². The van der Waals surface area contributed by atoms with E-state index in [-0.39, 0.29) is 5.75 Å². The van der Waals surface area contributed by atoms with E-state index in [0.29, 0.717) is 12.2 Å². The fourth-order valence-electron chi connectivity index (χ4n) is 2.44. The summed E-state index contributed by atoms with van der Waals surface area (Å²) in [5.74, 6) is 0.719. The van der Waals surface area contributed by atoms with Gasteiger partial charge < -0.3 is 10.3 Å². The number of aryl methyl sites for hydroxylation is 3. The molecule has 0 aliphatic heterocycles. The van der Waals surface area contributed by atoms with Crippen LogP contribution in [0.25, 0.3) is 11.0 Å². The van der Waals surface area contributed by atoms with Crippen LogP contribution >= 0.6 is 0 Å². The molecule has 0 aromatic carbocycles. The normalized spacial score (nSPS) is 12.1. The van der Waals surface area contributed by atoms with E-state index in [0.717, 1.165) is 41.7 Å². The molecule has 0 saturated carbocycles. The molecule has 6 nitrogen and oxygen atoms in total. The Morgan fingerprint density at radius 1 is 1.24 bits per heavy atom. The molecular formula is C14H22N4O2S. The number of nitrogen functional groups attached to an aromatic ring is 1. The van der Waals surface area contributed by atoms with Crippen molar-refractivity contribution in [2.24, 2.45) is 0 Å². The SMILES string of the molecule is Cc1nc(N)c2ncn(CCCCCS(C)(=O)=O)c2c1C. The highest BCUT2D eigenvalue weighted by atomic mass is 32.2. The van der Waals surface area contributed by atoms with Gasteiger partial charge in [0.05, 0.1) is 11.8 Å². The van der Waals surface area contributed by atoms with Crippen molar-refractivity contribution in [3.8, 4) is 0 Å². The molecule has 0 spiro atoms. The van der Waals surface area contributed by atoms with E-state index in [1.54, 1.807) is 6.33 Å². The molecule has 2 rings (SSSR count). The van der Waals surface area contributed by atoms with Crippen LogP contribution in [-0.2, 0) is 16.4 Å². The average Bonchev–Trinajstić information content (AvgIpc) is 2.79. The van der Waals surface area contributed by atoms with Crippen molar-refractivity contribution >= 4 is 26.7 Å². The monoisotopic (exact) mass is 310 g/mol. The first kappa shape index (κ1) is 15.8. The van der Waals surface area contributed by atoms with Crippen molar-refractivity contribution in [2.75, 3.05) is 17.7 Å². The summed E-state index contributed by atoms with van der Waals surface area (Å²) in [6, 6.07) is 0. The second kappa shape index (κ2) is 6.01. The third kappa shape index (κ3) is 3.72. The number of imidazole rings is 1. The molecule has 0 saturated heterocycles. The number of sulfone groups is 1. The Morgan fingerprint density at radius 3 is 2.62 bits per heavy atom. The second-order valence-corrected chi connectivity index (χ2v) is 7.79. The molecule has 0 radical (unpaired) electrons. The van der Waals surface area contributed by atoms with E-state index in [1.165, 1.54) is 6.26 Å². The summed E-state index contributed by atoms with van der Waals surface area (Å²) < 4.78 is 24.2. The number of anilines is 1. The molecule has 0 atom stereocenters. The number of pyridine rings is 1. The minimum absolute atomic E-state index is 0.257. The summed E-state index contributed by atoms with van der Waals surface area (Å²) in [5, 5.41) is 0. The van der Waals surface area contributed by atoms with Crippen LogP contribution in [0.5, 0.6) is 0 Å². The lowest BCUT2D eigenvalue weighted by Gasteiger charge is -2.09. The van der Waals surface area contributed by atoms with E-state index < -0.39 is 9.84 Å². The Balaban J connectivity index is 2.06. The van der Waals surface area contributed by atoms with Crippen LogP contribution < -0.4 is 5.73 Å². The quantitative estimate of drug-likeness (QED) is 0.822. The lowest BCUT2D eigenvalue weighted by molar-refractivity contribution is 0.585. The number of rotatable bonds is 6. The molecule has 0 aliphatic rings. The van der Waals surface area contributed by atoms with Crippen LogP contribution in [0.15, 0.2) is 6.33 Å². The van der Waals surface area contributed by atoms with E-state index in [4.69, 9.17) is 5.73 Å². The Kier molecular flexibility index (Phi) is 4.51. The second-order valence-electron chi connectivity index (χ2n) is 5.53. The molecule has 21 heavy (non-hydrogen) atoms. The standard InChI is InChI=1S/C14H22N4O2S/c1-10-11(2)17-14(15)12-13(10)18(9-16-12)7-5-4-6-8-21(3,19)20/h9H,4-8H2,1-3H3,(H2,15,17). The zero-order chi connectivity index (χ0) is 15.6. The molecule has 116 valence electrons. The van der Waals surface area contributed by atoms with E-state index >= 15 is 0 Å². The molecule has 7 heteroatoms. The molecule has 2 N–H and O–H groups in total. The van der Waals surface area contributed by atoms with Crippen molar-refractivity contribution in [1.82, 2.24) is 14.5 Å². The van der Waals surface area contributed by atoms with Gasteiger partial charge in [-0.25, -0.2) is 18.4 Å². The summed E-state index contributed by atoms with van der Waals surface area (Å²) in [7, 11) is -2.85. The first-order chi connectivity index (χ1) is 9.79.